The van der Waals surface area contributed by atoms with Gasteiger partial charge in [-0.15, -0.1) is 0 Å². The summed E-state index contributed by atoms with van der Waals surface area (Å²) in [5.74, 6) is -1.74. The molecule has 0 saturated carbocycles. The highest BCUT2D eigenvalue weighted by Gasteiger charge is 2.30. The minimum absolute atomic E-state index is 0.133. The first-order chi connectivity index (χ1) is 12.9. The fourth-order valence-corrected chi connectivity index (χ4v) is 2.89. The van der Waals surface area contributed by atoms with Gasteiger partial charge in [-0.1, -0.05) is 30.3 Å². The molecule has 1 unspecified atom stereocenters. The molecule has 0 fully saturated rings. The number of carboxylic acid groups (broad SMARTS) is 1. The Hall–Kier alpha value is -3.45. The molecule has 0 aromatic heterocycles. The largest absolute Gasteiger partial charge is 0.478 e. The van der Waals surface area contributed by atoms with E-state index in [2.05, 4.69) is 10.6 Å². The van der Waals surface area contributed by atoms with Crippen LogP contribution in [0.15, 0.2) is 48.5 Å². The monoisotopic (exact) mass is 366 g/mol. The number of anilines is 1. The Morgan fingerprint density at radius 1 is 1.11 bits per heavy atom. The number of hydrogen-bond donors (Lipinski definition) is 3. The van der Waals surface area contributed by atoms with Gasteiger partial charge in [0.2, 0.25) is 6.23 Å². The van der Waals surface area contributed by atoms with Crippen LogP contribution in [0.5, 0.6) is 0 Å². The van der Waals surface area contributed by atoms with Crippen LogP contribution in [0.25, 0.3) is 11.3 Å². The van der Waals surface area contributed by atoms with Gasteiger partial charge in [0.1, 0.15) is 0 Å². The second-order valence-electron chi connectivity index (χ2n) is 5.99. The van der Waals surface area contributed by atoms with Crippen LogP contribution >= 0.6 is 0 Å². The Bertz CT molecular complexity index is 950. The van der Waals surface area contributed by atoms with Gasteiger partial charge in [0, 0.05) is 23.9 Å². The molecule has 2 aromatic rings. The number of carbonyl (C=O) groups excluding carboxylic acids is 2. The van der Waals surface area contributed by atoms with Crippen LogP contribution in [-0.2, 0) is 14.3 Å². The predicted octanol–water partition coefficient (Wildman–Crippen LogP) is 2.36. The summed E-state index contributed by atoms with van der Waals surface area (Å²) in [6, 6.07) is 13.8. The standard InChI is InChI=1S/C20H18N2O5/c1-11(23)13-8-9-15-14(10-13)16(18(24)21-15)17(12-6-4-3-5-7-12)22-19(27-2)20(25)26/h3-10,19,22H,1-2H3,(H,21,24)(H,25,26). The third kappa shape index (κ3) is 3.58. The molecule has 7 heteroatoms. The molecule has 0 bridgehead atoms. The van der Waals surface area contributed by atoms with Crippen molar-refractivity contribution in [3.05, 3.63) is 65.2 Å². The van der Waals surface area contributed by atoms with Crippen molar-refractivity contribution in [2.24, 2.45) is 0 Å². The highest BCUT2D eigenvalue weighted by Crippen LogP contribution is 2.37. The summed E-state index contributed by atoms with van der Waals surface area (Å²) < 4.78 is 4.98. The van der Waals surface area contributed by atoms with Gasteiger partial charge in [0.05, 0.1) is 11.3 Å². The molecule has 27 heavy (non-hydrogen) atoms. The lowest BCUT2D eigenvalue weighted by molar-refractivity contribution is -0.149. The number of Topliss-reactive ketones (excluding diaryl/α,β-unsaturated/α-hetero) is 1. The Balaban J connectivity index is 2.23. The molecule has 0 spiro atoms. The summed E-state index contributed by atoms with van der Waals surface area (Å²) in [6.45, 7) is 1.44. The number of ether oxygens (including phenoxy) is 1. The van der Waals surface area contributed by atoms with Crippen molar-refractivity contribution in [1.29, 1.82) is 0 Å². The van der Waals surface area contributed by atoms with Gasteiger partial charge in [-0.05, 0) is 30.7 Å². The van der Waals surface area contributed by atoms with E-state index in [9.17, 15) is 19.5 Å². The number of carbonyl (C=O) groups is 3. The SMILES string of the molecule is COC(NC(=C1C(=O)Nc2ccc(C(C)=O)cc21)c1ccccc1)C(=O)O. The summed E-state index contributed by atoms with van der Waals surface area (Å²) in [5, 5.41) is 14.9. The van der Waals surface area contributed by atoms with Gasteiger partial charge in [-0.3, -0.25) is 9.59 Å². The van der Waals surface area contributed by atoms with Crippen LogP contribution < -0.4 is 10.6 Å². The molecule has 0 aliphatic carbocycles. The minimum atomic E-state index is -1.35. The Labute approximate surface area is 155 Å². The first-order valence-corrected chi connectivity index (χ1v) is 8.21. The van der Waals surface area contributed by atoms with Crippen LogP contribution in [0.1, 0.15) is 28.4 Å². The van der Waals surface area contributed by atoms with Gasteiger partial charge in [-0.25, -0.2) is 4.79 Å². The van der Waals surface area contributed by atoms with Gasteiger partial charge in [0.15, 0.2) is 5.78 Å². The van der Waals surface area contributed by atoms with Crippen molar-refractivity contribution in [3.8, 4) is 0 Å². The Morgan fingerprint density at radius 3 is 2.41 bits per heavy atom. The number of nitrogens with one attached hydrogen (secondary N) is 2. The first-order valence-electron chi connectivity index (χ1n) is 8.21. The van der Waals surface area contributed by atoms with Crippen LogP contribution in [0.4, 0.5) is 5.69 Å². The summed E-state index contributed by atoms with van der Waals surface area (Å²) in [5.41, 5.74) is 2.71. The zero-order chi connectivity index (χ0) is 19.6. The highest BCUT2D eigenvalue weighted by molar-refractivity contribution is 6.37. The number of ketones is 1. The van der Waals surface area contributed by atoms with Crippen LogP contribution in [-0.4, -0.2) is 36.1 Å². The van der Waals surface area contributed by atoms with E-state index >= 15 is 0 Å². The van der Waals surface area contributed by atoms with E-state index in [1.807, 2.05) is 6.07 Å². The predicted molar refractivity (Wildman–Crippen MR) is 99.9 cm³/mol. The minimum Gasteiger partial charge on any atom is -0.478 e. The molecule has 1 aliphatic rings. The van der Waals surface area contributed by atoms with E-state index in [-0.39, 0.29) is 11.4 Å². The maximum absolute atomic E-state index is 12.7. The van der Waals surface area contributed by atoms with Crippen LogP contribution in [0.3, 0.4) is 0 Å². The molecule has 138 valence electrons. The maximum atomic E-state index is 12.7. The van der Waals surface area contributed by atoms with Gasteiger partial charge in [-0.2, -0.15) is 0 Å². The molecule has 1 amide bonds. The van der Waals surface area contributed by atoms with Crippen LogP contribution in [0.2, 0.25) is 0 Å². The summed E-state index contributed by atoms with van der Waals surface area (Å²) >= 11 is 0. The summed E-state index contributed by atoms with van der Waals surface area (Å²) in [4.78, 5) is 35.9. The van der Waals surface area contributed by atoms with E-state index in [0.29, 0.717) is 28.1 Å². The molecule has 3 N–H and O–H groups in total. The van der Waals surface area contributed by atoms with E-state index in [0.717, 1.165) is 0 Å². The number of rotatable bonds is 6. The molecular weight excluding hydrogens is 348 g/mol. The van der Waals surface area contributed by atoms with Gasteiger partial charge < -0.3 is 20.5 Å². The average Bonchev–Trinajstić information content (AvgIpc) is 2.98. The molecule has 7 nitrogen and oxygen atoms in total. The molecule has 0 radical (unpaired) electrons. The number of benzene rings is 2. The molecule has 1 aliphatic heterocycles. The molecule has 1 atom stereocenters. The smallest absolute Gasteiger partial charge is 0.353 e. The van der Waals surface area contributed by atoms with Gasteiger partial charge in [0.25, 0.3) is 5.91 Å². The normalized spacial score (nSPS) is 15.6. The Kier molecular flexibility index (Phi) is 5.05. The maximum Gasteiger partial charge on any atom is 0.353 e. The first kappa shape index (κ1) is 18.3. The number of carboxylic acids is 1. The number of methoxy groups -OCH3 is 1. The third-order valence-corrected chi connectivity index (χ3v) is 4.22. The van der Waals surface area contributed by atoms with Crippen molar-refractivity contribution in [3.63, 3.8) is 0 Å². The zero-order valence-corrected chi connectivity index (χ0v) is 14.8. The lowest BCUT2D eigenvalue weighted by Gasteiger charge is -2.19. The van der Waals surface area contributed by atoms with E-state index in [1.54, 1.807) is 42.5 Å². The fourth-order valence-electron chi connectivity index (χ4n) is 2.89. The summed E-state index contributed by atoms with van der Waals surface area (Å²) in [6.07, 6.45) is -1.35. The van der Waals surface area contributed by atoms with Gasteiger partial charge >= 0.3 is 5.97 Å². The molecule has 1 heterocycles. The van der Waals surface area contributed by atoms with Crippen LogP contribution in [0, 0.1) is 0 Å². The summed E-state index contributed by atoms with van der Waals surface area (Å²) in [7, 11) is 1.26. The quantitative estimate of drug-likeness (QED) is 0.412. The van der Waals surface area contributed by atoms with Crippen molar-refractivity contribution < 1.29 is 24.2 Å². The fraction of sp³-hybridized carbons (Fsp3) is 0.150. The number of aliphatic carboxylic acids is 1. The second-order valence-corrected chi connectivity index (χ2v) is 5.99. The Morgan fingerprint density at radius 2 is 1.81 bits per heavy atom. The highest BCUT2D eigenvalue weighted by atomic mass is 16.5. The number of amides is 1. The van der Waals surface area contributed by atoms with Crippen molar-refractivity contribution in [2.45, 2.75) is 13.2 Å². The average molecular weight is 366 g/mol. The second kappa shape index (κ2) is 7.43. The lowest BCUT2D eigenvalue weighted by atomic mass is 9.98. The third-order valence-electron chi connectivity index (χ3n) is 4.22. The zero-order valence-electron chi connectivity index (χ0n) is 14.8. The van der Waals surface area contributed by atoms with E-state index < -0.39 is 18.1 Å². The number of hydrogen-bond acceptors (Lipinski definition) is 5. The van der Waals surface area contributed by atoms with Crippen molar-refractivity contribution >= 4 is 34.6 Å². The number of fused-ring (bicyclic) bond motifs is 1. The lowest BCUT2D eigenvalue weighted by Crippen LogP contribution is -2.37. The molecule has 3 rings (SSSR count). The van der Waals surface area contributed by atoms with Crippen molar-refractivity contribution in [2.75, 3.05) is 12.4 Å². The van der Waals surface area contributed by atoms with Crippen molar-refractivity contribution in [1.82, 2.24) is 5.32 Å². The molecule has 0 saturated heterocycles. The molecular formula is C20H18N2O5. The van der Waals surface area contributed by atoms with E-state index in [1.165, 1.54) is 14.0 Å². The molecule has 2 aromatic carbocycles. The topological polar surface area (TPSA) is 105 Å². The van der Waals surface area contributed by atoms with E-state index in [4.69, 9.17) is 4.74 Å².